The number of rotatable bonds is 5. The first-order chi connectivity index (χ1) is 9.60. The van der Waals surface area contributed by atoms with Crippen molar-refractivity contribution in [1.82, 2.24) is 5.32 Å². The zero-order valence-corrected chi connectivity index (χ0v) is 13.4. The first-order valence-corrected chi connectivity index (χ1v) is 8.00. The molecule has 2 unspecified atom stereocenters. The van der Waals surface area contributed by atoms with E-state index in [1.165, 1.54) is 31.2 Å². The molecular formula is C18H29NO. The Hall–Kier alpha value is -1.02. The zero-order valence-electron chi connectivity index (χ0n) is 13.4. The van der Waals surface area contributed by atoms with E-state index in [1.807, 2.05) is 6.07 Å². The van der Waals surface area contributed by atoms with Crippen molar-refractivity contribution in [3.63, 3.8) is 0 Å². The Labute approximate surface area is 123 Å². The highest BCUT2D eigenvalue weighted by atomic mass is 16.5. The SMILES string of the molecule is COc1cccc([C@H](C)NC2CCCC(C(C)C)C2)c1. The van der Waals surface area contributed by atoms with Crippen LogP contribution in [-0.4, -0.2) is 13.2 Å². The largest absolute Gasteiger partial charge is 0.497 e. The molecule has 1 aliphatic rings. The molecule has 2 heteroatoms. The first-order valence-electron chi connectivity index (χ1n) is 8.00. The van der Waals surface area contributed by atoms with Crippen molar-refractivity contribution < 1.29 is 4.74 Å². The average molecular weight is 275 g/mol. The van der Waals surface area contributed by atoms with Crippen LogP contribution in [0.5, 0.6) is 5.75 Å². The molecule has 1 N–H and O–H groups in total. The van der Waals surface area contributed by atoms with Crippen LogP contribution in [0.3, 0.4) is 0 Å². The fraction of sp³-hybridized carbons (Fsp3) is 0.667. The van der Waals surface area contributed by atoms with Gasteiger partial charge in [-0.2, -0.15) is 0 Å². The van der Waals surface area contributed by atoms with Crippen molar-refractivity contribution in [2.24, 2.45) is 11.8 Å². The number of benzene rings is 1. The summed E-state index contributed by atoms with van der Waals surface area (Å²) in [6, 6.07) is 9.46. The van der Waals surface area contributed by atoms with Gasteiger partial charge >= 0.3 is 0 Å². The van der Waals surface area contributed by atoms with Gasteiger partial charge in [0.1, 0.15) is 5.75 Å². The number of ether oxygens (including phenoxy) is 1. The smallest absolute Gasteiger partial charge is 0.119 e. The van der Waals surface area contributed by atoms with E-state index in [1.54, 1.807) is 7.11 Å². The third-order valence-electron chi connectivity index (χ3n) is 4.74. The highest BCUT2D eigenvalue weighted by Gasteiger charge is 2.25. The highest BCUT2D eigenvalue weighted by molar-refractivity contribution is 5.30. The average Bonchev–Trinajstić information content (AvgIpc) is 2.47. The fourth-order valence-corrected chi connectivity index (χ4v) is 3.35. The van der Waals surface area contributed by atoms with Gasteiger partial charge in [0, 0.05) is 12.1 Å². The van der Waals surface area contributed by atoms with Gasteiger partial charge in [-0.3, -0.25) is 0 Å². The van der Waals surface area contributed by atoms with Crippen LogP contribution in [0.25, 0.3) is 0 Å². The van der Waals surface area contributed by atoms with E-state index in [4.69, 9.17) is 4.74 Å². The summed E-state index contributed by atoms with van der Waals surface area (Å²) in [5, 5.41) is 3.82. The number of nitrogens with one attached hydrogen (secondary N) is 1. The van der Waals surface area contributed by atoms with E-state index in [9.17, 15) is 0 Å². The number of methoxy groups -OCH3 is 1. The molecule has 0 radical (unpaired) electrons. The Morgan fingerprint density at radius 2 is 2.00 bits per heavy atom. The van der Waals surface area contributed by atoms with Crippen molar-refractivity contribution in [2.45, 2.75) is 58.5 Å². The third kappa shape index (κ3) is 3.99. The number of hydrogen-bond acceptors (Lipinski definition) is 2. The maximum Gasteiger partial charge on any atom is 0.119 e. The summed E-state index contributed by atoms with van der Waals surface area (Å²) in [6.07, 6.45) is 5.41. The summed E-state index contributed by atoms with van der Waals surface area (Å²) >= 11 is 0. The van der Waals surface area contributed by atoms with Crippen LogP contribution in [0.15, 0.2) is 24.3 Å². The maximum absolute atomic E-state index is 5.32. The standard InChI is InChI=1S/C18H29NO/c1-13(2)15-7-5-9-17(11-15)19-14(3)16-8-6-10-18(12-16)20-4/h6,8,10,12-15,17,19H,5,7,9,11H2,1-4H3/t14-,15?,17?/m0/s1. The van der Waals surface area contributed by atoms with Crippen molar-refractivity contribution in [3.05, 3.63) is 29.8 Å². The van der Waals surface area contributed by atoms with Crippen molar-refractivity contribution >= 4 is 0 Å². The molecular weight excluding hydrogens is 246 g/mol. The van der Waals surface area contributed by atoms with Gasteiger partial charge < -0.3 is 10.1 Å². The van der Waals surface area contributed by atoms with Gasteiger partial charge in [-0.25, -0.2) is 0 Å². The van der Waals surface area contributed by atoms with Gasteiger partial charge in [0.2, 0.25) is 0 Å². The minimum atomic E-state index is 0.390. The van der Waals surface area contributed by atoms with Gasteiger partial charge in [-0.15, -0.1) is 0 Å². The molecule has 0 saturated heterocycles. The molecule has 1 aromatic rings. The Morgan fingerprint density at radius 3 is 2.70 bits per heavy atom. The predicted molar refractivity (Wildman–Crippen MR) is 85.1 cm³/mol. The number of hydrogen-bond donors (Lipinski definition) is 1. The minimum absolute atomic E-state index is 0.390. The van der Waals surface area contributed by atoms with E-state index in [-0.39, 0.29) is 0 Å². The molecule has 1 fully saturated rings. The normalized spacial score (nSPS) is 24.6. The van der Waals surface area contributed by atoms with Crippen LogP contribution in [0.1, 0.15) is 58.1 Å². The molecule has 2 rings (SSSR count). The van der Waals surface area contributed by atoms with Crippen molar-refractivity contribution in [3.8, 4) is 5.75 Å². The van der Waals surface area contributed by atoms with Crippen LogP contribution < -0.4 is 10.1 Å². The van der Waals surface area contributed by atoms with Crippen LogP contribution in [0, 0.1) is 11.8 Å². The second-order valence-electron chi connectivity index (χ2n) is 6.53. The van der Waals surface area contributed by atoms with Crippen LogP contribution >= 0.6 is 0 Å². The summed E-state index contributed by atoms with van der Waals surface area (Å²) in [6.45, 7) is 6.98. The lowest BCUT2D eigenvalue weighted by molar-refractivity contribution is 0.223. The van der Waals surface area contributed by atoms with Gasteiger partial charge in [-0.1, -0.05) is 38.8 Å². The van der Waals surface area contributed by atoms with Crippen LogP contribution in [0.4, 0.5) is 0 Å². The first kappa shape index (κ1) is 15.4. The summed E-state index contributed by atoms with van der Waals surface area (Å²) in [4.78, 5) is 0. The lowest BCUT2D eigenvalue weighted by Crippen LogP contribution is -2.37. The Bertz CT molecular complexity index is 416. The molecule has 20 heavy (non-hydrogen) atoms. The van der Waals surface area contributed by atoms with Gasteiger partial charge in [0.05, 0.1) is 7.11 Å². The molecule has 0 amide bonds. The highest BCUT2D eigenvalue weighted by Crippen LogP contribution is 2.31. The van der Waals surface area contributed by atoms with E-state index in [2.05, 4.69) is 44.3 Å². The summed E-state index contributed by atoms with van der Waals surface area (Å²) < 4.78 is 5.32. The third-order valence-corrected chi connectivity index (χ3v) is 4.74. The molecule has 0 aromatic heterocycles. The van der Waals surface area contributed by atoms with Crippen LogP contribution in [-0.2, 0) is 0 Å². The van der Waals surface area contributed by atoms with Crippen LogP contribution in [0.2, 0.25) is 0 Å². The Balaban J connectivity index is 1.94. The van der Waals surface area contributed by atoms with E-state index in [0.717, 1.165) is 17.6 Å². The molecule has 0 heterocycles. The Morgan fingerprint density at radius 1 is 1.20 bits per heavy atom. The topological polar surface area (TPSA) is 21.3 Å². The fourth-order valence-electron chi connectivity index (χ4n) is 3.35. The molecule has 1 saturated carbocycles. The van der Waals surface area contributed by atoms with E-state index >= 15 is 0 Å². The molecule has 2 nitrogen and oxygen atoms in total. The van der Waals surface area contributed by atoms with Crippen molar-refractivity contribution in [2.75, 3.05) is 7.11 Å². The molecule has 0 aliphatic heterocycles. The van der Waals surface area contributed by atoms with Gasteiger partial charge in [-0.05, 0) is 49.3 Å². The predicted octanol–water partition coefficient (Wildman–Crippen LogP) is 4.56. The summed E-state index contributed by atoms with van der Waals surface area (Å²) in [5.41, 5.74) is 1.32. The molecule has 0 bridgehead atoms. The van der Waals surface area contributed by atoms with E-state index < -0.39 is 0 Å². The monoisotopic (exact) mass is 275 g/mol. The van der Waals surface area contributed by atoms with E-state index in [0.29, 0.717) is 12.1 Å². The molecule has 112 valence electrons. The minimum Gasteiger partial charge on any atom is -0.497 e. The van der Waals surface area contributed by atoms with Crippen molar-refractivity contribution in [1.29, 1.82) is 0 Å². The molecule has 1 aliphatic carbocycles. The zero-order chi connectivity index (χ0) is 14.5. The molecule has 3 atom stereocenters. The molecule has 0 spiro atoms. The lowest BCUT2D eigenvalue weighted by Gasteiger charge is -2.34. The second-order valence-corrected chi connectivity index (χ2v) is 6.53. The summed E-state index contributed by atoms with van der Waals surface area (Å²) in [5.74, 6) is 2.64. The lowest BCUT2D eigenvalue weighted by atomic mass is 9.79. The molecule has 1 aromatic carbocycles. The van der Waals surface area contributed by atoms with Gasteiger partial charge in [0.15, 0.2) is 0 Å². The Kier molecular flexibility index (Phi) is 5.47. The summed E-state index contributed by atoms with van der Waals surface area (Å²) in [7, 11) is 1.73. The quantitative estimate of drug-likeness (QED) is 0.850. The second kappa shape index (κ2) is 7.12. The van der Waals surface area contributed by atoms with Gasteiger partial charge in [0.25, 0.3) is 0 Å². The maximum atomic E-state index is 5.32.